The maximum Gasteiger partial charge on any atom is 0.255 e. The van der Waals surface area contributed by atoms with Crippen molar-refractivity contribution in [2.45, 2.75) is 13.0 Å². The third-order valence-corrected chi connectivity index (χ3v) is 2.79. The number of hydrogen-bond acceptors (Lipinski definition) is 4. The SMILES string of the molecule is CNc1ccc(C(=O)N2CCOC(C)C2)cn1. The van der Waals surface area contributed by atoms with E-state index in [2.05, 4.69) is 10.3 Å². The van der Waals surface area contributed by atoms with Gasteiger partial charge in [0.1, 0.15) is 5.82 Å². The fourth-order valence-electron chi connectivity index (χ4n) is 1.85. The molecule has 1 aliphatic rings. The van der Waals surface area contributed by atoms with E-state index >= 15 is 0 Å². The normalized spacial score (nSPS) is 20.1. The molecule has 1 atom stereocenters. The van der Waals surface area contributed by atoms with Gasteiger partial charge in [0.15, 0.2) is 0 Å². The van der Waals surface area contributed by atoms with Crippen LogP contribution in [-0.2, 0) is 4.74 Å². The summed E-state index contributed by atoms with van der Waals surface area (Å²) in [5.41, 5.74) is 0.623. The molecule has 17 heavy (non-hydrogen) atoms. The van der Waals surface area contributed by atoms with Crippen molar-refractivity contribution >= 4 is 11.7 Å². The summed E-state index contributed by atoms with van der Waals surface area (Å²) in [6, 6.07) is 3.60. The van der Waals surface area contributed by atoms with Crippen molar-refractivity contribution in [3.05, 3.63) is 23.9 Å². The van der Waals surface area contributed by atoms with Gasteiger partial charge in [0.2, 0.25) is 0 Å². The van der Waals surface area contributed by atoms with Gasteiger partial charge in [-0.2, -0.15) is 0 Å². The molecule has 92 valence electrons. The molecule has 1 fully saturated rings. The fourth-order valence-corrected chi connectivity index (χ4v) is 1.85. The van der Waals surface area contributed by atoms with Gasteiger partial charge in [-0.25, -0.2) is 4.98 Å². The molecule has 5 heteroatoms. The Balaban J connectivity index is 2.07. The highest BCUT2D eigenvalue weighted by Crippen LogP contribution is 2.11. The van der Waals surface area contributed by atoms with Gasteiger partial charge in [0.25, 0.3) is 5.91 Å². The van der Waals surface area contributed by atoms with Crippen LogP contribution < -0.4 is 5.32 Å². The van der Waals surface area contributed by atoms with Gasteiger partial charge in [0, 0.05) is 26.3 Å². The van der Waals surface area contributed by atoms with Gasteiger partial charge < -0.3 is 15.0 Å². The molecule has 1 amide bonds. The van der Waals surface area contributed by atoms with Crippen molar-refractivity contribution < 1.29 is 9.53 Å². The lowest BCUT2D eigenvalue weighted by molar-refractivity contribution is -0.0124. The van der Waals surface area contributed by atoms with E-state index in [1.807, 2.05) is 11.8 Å². The highest BCUT2D eigenvalue weighted by molar-refractivity contribution is 5.94. The Hall–Kier alpha value is -1.62. The molecule has 0 aliphatic carbocycles. The van der Waals surface area contributed by atoms with Crippen molar-refractivity contribution in [2.75, 3.05) is 32.1 Å². The number of amides is 1. The Labute approximate surface area is 101 Å². The number of nitrogens with one attached hydrogen (secondary N) is 1. The number of anilines is 1. The van der Waals surface area contributed by atoms with Crippen LogP contribution in [-0.4, -0.2) is 48.6 Å². The number of nitrogens with zero attached hydrogens (tertiary/aromatic N) is 2. The molecule has 2 heterocycles. The van der Waals surface area contributed by atoms with Crippen LogP contribution in [0.3, 0.4) is 0 Å². The molecule has 2 rings (SSSR count). The van der Waals surface area contributed by atoms with Gasteiger partial charge in [0.05, 0.1) is 18.3 Å². The molecule has 0 aromatic carbocycles. The highest BCUT2D eigenvalue weighted by Gasteiger charge is 2.22. The van der Waals surface area contributed by atoms with Gasteiger partial charge in [-0.05, 0) is 19.1 Å². The van der Waals surface area contributed by atoms with Crippen molar-refractivity contribution in [2.24, 2.45) is 0 Å². The molecule has 0 radical (unpaired) electrons. The maximum absolute atomic E-state index is 12.2. The van der Waals surface area contributed by atoms with E-state index in [9.17, 15) is 4.79 Å². The minimum absolute atomic E-state index is 0.0234. The molecule has 0 saturated carbocycles. The summed E-state index contributed by atoms with van der Waals surface area (Å²) in [6.45, 7) is 3.88. The first-order valence-electron chi connectivity index (χ1n) is 5.75. The third-order valence-electron chi connectivity index (χ3n) is 2.79. The summed E-state index contributed by atoms with van der Waals surface area (Å²) >= 11 is 0. The summed E-state index contributed by atoms with van der Waals surface area (Å²) in [5, 5.41) is 2.92. The Bertz CT molecular complexity index is 391. The first kappa shape index (κ1) is 11.9. The van der Waals surface area contributed by atoms with E-state index in [0.717, 1.165) is 5.82 Å². The molecule has 1 aromatic rings. The lowest BCUT2D eigenvalue weighted by Crippen LogP contribution is -2.44. The van der Waals surface area contributed by atoms with Gasteiger partial charge in [-0.3, -0.25) is 4.79 Å². The Morgan fingerprint density at radius 2 is 2.41 bits per heavy atom. The van der Waals surface area contributed by atoms with Crippen molar-refractivity contribution in [3.63, 3.8) is 0 Å². The second kappa shape index (κ2) is 5.14. The zero-order chi connectivity index (χ0) is 12.3. The molecule has 0 bridgehead atoms. The zero-order valence-corrected chi connectivity index (χ0v) is 10.1. The average Bonchev–Trinajstić information content (AvgIpc) is 2.38. The summed E-state index contributed by atoms with van der Waals surface area (Å²) in [5.74, 6) is 0.784. The molecule has 0 spiro atoms. The largest absolute Gasteiger partial charge is 0.375 e. The van der Waals surface area contributed by atoms with Crippen LogP contribution in [0.5, 0.6) is 0 Å². The summed E-state index contributed by atoms with van der Waals surface area (Å²) in [7, 11) is 1.80. The van der Waals surface area contributed by atoms with Gasteiger partial charge >= 0.3 is 0 Å². The molecule has 1 aromatic heterocycles. The van der Waals surface area contributed by atoms with E-state index in [-0.39, 0.29) is 12.0 Å². The maximum atomic E-state index is 12.2. The van der Waals surface area contributed by atoms with E-state index in [0.29, 0.717) is 25.3 Å². The monoisotopic (exact) mass is 235 g/mol. The number of morpholine rings is 1. The number of hydrogen-bond donors (Lipinski definition) is 1. The Morgan fingerprint density at radius 1 is 1.59 bits per heavy atom. The number of aromatic nitrogens is 1. The summed E-state index contributed by atoms with van der Waals surface area (Å²) < 4.78 is 5.41. The van der Waals surface area contributed by atoms with E-state index in [1.54, 1.807) is 25.4 Å². The first-order chi connectivity index (χ1) is 8.20. The van der Waals surface area contributed by atoms with E-state index in [4.69, 9.17) is 4.74 Å². The van der Waals surface area contributed by atoms with Crippen molar-refractivity contribution in [3.8, 4) is 0 Å². The zero-order valence-electron chi connectivity index (χ0n) is 10.1. The number of carbonyl (C=O) groups is 1. The van der Waals surface area contributed by atoms with Crippen molar-refractivity contribution in [1.82, 2.24) is 9.88 Å². The van der Waals surface area contributed by atoms with Crippen LogP contribution in [0.2, 0.25) is 0 Å². The second-order valence-corrected chi connectivity index (χ2v) is 4.11. The smallest absolute Gasteiger partial charge is 0.255 e. The topological polar surface area (TPSA) is 54.5 Å². The van der Waals surface area contributed by atoms with E-state index < -0.39 is 0 Å². The predicted molar refractivity (Wildman–Crippen MR) is 65.1 cm³/mol. The molecule has 5 nitrogen and oxygen atoms in total. The predicted octanol–water partition coefficient (Wildman–Crippen LogP) is 0.984. The third kappa shape index (κ3) is 2.74. The molecular weight excluding hydrogens is 218 g/mol. The molecule has 1 unspecified atom stereocenters. The van der Waals surface area contributed by atoms with Gasteiger partial charge in [-0.15, -0.1) is 0 Å². The lowest BCUT2D eigenvalue weighted by Gasteiger charge is -2.31. The minimum Gasteiger partial charge on any atom is -0.375 e. The minimum atomic E-state index is 0.0234. The summed E-state index contributed by atoms with van der Waals surface area (Å²) in [4.78, 5) is 18.1. The lowest BCUT2D eigenvalue weighted by atomic mass is 10.2. The molecule has 1 saturated heterocycles. The number of ether oxygens (including phenoxy) is 1. The first-order valence-corrected chi connectivity index (χ1v) is 5.75. The Kier molecular flexibility index (Phi) is 3.58. The van der Waals surface area contributed by atoms with Crippen LogP contribution in [0.4, 0.5) is 5.82 Å². The Morgan fingerprint density at radius 3 is 3.00 bits per heavy atom. The van der Waals surface area contributed by atoms with Crippen molar-refractivity contribution in [1.29, 1.82) is 0 Å². The number of pyridine rings is 1. The van der Waals surface area contributed by atoms with Gasteiger partial charge in [-0.1, -0.05) is 0 Å². The number of rotatable bonds is 2. The quantitative estimate of drug-likeness (QED) is 0.830. The fraction of sp³-hybridized carbons (Fsp3) is 0.500. The average molecular weight is 235 g/mol. The summed E-state index contributed by atoms with van der Waals surface area (Å²) in [6.07, 6.45) is 1.71. The van der Waals surface area contributed by atoms with E-state index in [1.165, 1.54) is 0 Å². The standard InChI is InChI=1S/C12H17N3O2/c1-9-8-15(5-6-17-9)12(16)10-3-4-11(13-2)14-7-10/h3-4,7,9H,5-6,8H2,1-2H3,(H,13,14). The molecular formula is C12H17N3O2. The van der Waals surface area contributed by atoms with Crippen LogP contribution in [0, 0.1) is 0 Å². The highest BCUT2D eigenvalue weighted by atomic mass is 16.5. The van der Waals surface area contributed by atoms with Crippen LogP contribution >= 0.6 is 0 Å². The molecule has 1 aliphatic heterocycles. The number of carbonyl (C=O) groups excluding carboxylic acids is 1. The second-order valence-electron chi connectivity index (χ2n) is 4.11. The molecule has 1 N–H and O–H groups in total. The van der Waals surface area contributed by atoms with Crippen LogP contribution in [0.25, 0.3) is 0 Å². The van der Waals surface area contributed by atoms with Crippen LogP contribution in [0.1, 0.15) is 17.3 Å². The van der Waals surface area contributed by atoms with Crippen LogP contribution in [0.15, 0.2) is 18.3 Å².